The monoisotopic (exact) mass is 189 g/mol. The van der Waals surface area contributed by atoms with E-state index in [2.05, 4.69) is 6.07 Å². The molecule has 0 aliphatic heterocycles. The van der Waals surface area contributed by atoms with Crippen LogP contribution in [0, 0.1) is 24.1 Å². The van der Waals surface area contributed by atoms with Crippen LogP contribution >= 0.6 is 0 Å². The zero-order valence-electron chi connectivity index (χ0n) is 8.23. The van der Waals surface area contributed by atoms with E-state index in [0.29, 0.717) is 11.1 Å². The minimum absolute atomic E-state index is 0.234. The molecule has 0 fully saturated rings. The lowest BCUT2D eigenvalue weighted by Gasteiger charge is -2.18. The molecule has 0 N–H and O–H groups in total. The molecule has 0 heterocycles. The molecule has 0 unspecified atom stereocenters. The SMILES string of the molecule is Cc1c(F)cc2c(c1C#N)CCCC2. The zero-order valence-corrected chi connectivity index (χ0v) is 8.23. The topological polar surface area (TPSA) is 23.8 Å². The highest BCUT2D eigenvalue weighted by atomic mass is 19.1. The van der Waals surface area contributed by atoms with Crippen molar-refractivity contribution in [2.24, 2.45) is 0 Å². The second kappa shape index (κ2) is 3.42. The van der Waals surface area contributed by atoms with Crippen LogP contribution in [0.1, 0.15) is 35.1 Å². The van der Waals surface area contributed by atoms with E-state index in [0.717, 1.165) is 36.8 Å². The molecule has 1 aromatic rings. The number of halogens is 1. The summed E-state index contributed by atoms with van der Waals surface area (Å²) in [6, 6.07) is 3.73. The number of fused-ring (bicyclic) bond motifs is 1. The fourth-order valence-corrected chi connectivity index (χ4v) is 2.13. The molecular formula is C12H12FN. The van der Waals surface area contributed by atoms with E-state index < -0.39 is 0 Å². The van der Waals surface area contributed by atoms with Crippen LogP contribution < -0.4 is 0 Å². The van der Waals surface area contributed by atoms with Crippen LogP contribution in [0.4, 0.5) is 4.39 Å². The van der Waals surface area contributed by atoms with Gasteiger partial charge < -0.3 is 0 Å². The molecule has 1 aliphatic carbocycles. The lowest BCUT2D eigenvalue weighted by Crippen LogP contribution is -2.08. The summed E-state index contributed by atoms with van der Waals surface area (Å²) in [5.41, 5.74) is 3.20. The van der Waals surface area contributed by atoms with Gasteiger partial charge in [0.2, 0.25) is 0 Å². The summed E-state index contributed by atoms with van der Waals surface area (Å²) in [7, 11) is 0. The van der Waals surface area contributed by atoms with Crippen LogP contribution in [0.5, 0.6) is 0 Å². The molecule has 0 amide bonds. The Bertz CT molecular complexity index is 415. The Labute approximate surface area is 83.2 Å². The zero-order chi connectivity index (χ0) is 10.1. The van der Waals surface area contributed by atoms with Crippen molar-refractivity contribution in [2.45, 2.75) is 32.6 Å². The van der Waals surface area contributed by atoms with Gasteiger partial charge in [-0.15, -0.1) is 0 Å². The van der Waals surface area contributed by atoms with Crippen molar-refractivity contribution in [1.29, 1.82) is 5.26 Å². The van der Waals surface area contributed by atoms with Crippen molar-refractivity contribution >= 4 is 0 Å². The first-order valence-electron chi connectivity index (χ1n) is 4.95. The lowest BCUT2D eigenvalue weighted by atomic mass is 9.86. The van der Waals surface area contributed by atoms with Gasteiger partial charge in [0.05, 0.1) is 11.6 Å². The van der Waals surface area contributed by atoms with Gasteiger partial charge in [0.15, 0.2) is 0 Å². The third kappa shape index (κ3) is 1.29. The molecule has 2 rings (SSSR count). The van der Waals surface area contributed by atoms with Gasteiger partial charge in [0, 0.05) is 5.56 Å². The second-order valence-electron chi connectivity index (χ2n) is 3.81. The average Bonchev–Trinajstić information content (AvgIpc) is 2.20. The van der Waals surface area contributed by atoms with Gasteiger partial charge in [0.1, 0.15) is 5.82 Å². The number of rotatable bonds is 0. The first-order valence-corrected chi connectivity index (χ1v) is 4.95. The molecule has 1 aromatic carbocycles. The number of benzene rings is 1. The van der Waals surface area contributed by atoms with Crippen LogP contribution in [-0.4, -0.2) is 0 Å². The van der Waals surface area contributed by atoms with E-state index in [9.17, 15) is 4.39 Å². The van der Waals surface area contributed by atoms with Gasteiger partial charge in [-0.2, -0.15) is 5.26 Å². The Balaban J connectivity index is 2.67. The molecule has 14 heavy (non-hydrogen) atoms. The summed E-state index contributed by atoms with van der Waals surface area (Å²) >= 11 is 0. The normalized spacial score (nSPS) is 14.6. The van der Waals surface area contributed by atoms with Gasteiger partial charge in [0.25, 0.3) is 0 Å². The number of hydrogen-bond donors (Lipinski definition) is 0. The smallest absolute Gasteiger partial charge is 0.127 e. The maximum Gasteiger partial charge on any atom is 0.127 e. The Hall–Kier alpha value is -1.36. The van der Waals surface area contributed by atoms with Crippen LogP contribution in [0.25, 0.3) is 0 Å². The van der Waals surface area contributed by atoms with E-state index in [1.54, 1.807) is 13.0 Å². The van der Waals surface area contributed by atoms with Crippen LogP contribution in [0.2, 0.25) is 0 Å². The van der Waals surface area contributed by atoms with Gasteiger partial charge in [-0.3, -0.25) is 0 Å². The standard InChI is InChI=1S/C12H12FN/c1-8-11(7-14)10-5-3-2-4-9(10)6-12(8)13/h6H,2-5H2,1H3. The molecule has 0 saturated heterocycles. The van der Waals surface area contributed by atoms with Gasteiger partial charge in [-0.25, -0.2) is 4.39 Å². The number of nitriles is 1. The Morgan fingerprint density at radius 2 is 2.07 bits per heavy atom. The maximum absolute atomic E-state index is 13.4. The molecule has 1 aliphatic rings. The Morgan fingerprint density at radius 1 is 1.36 bits per heavy atom. The summed E-state index contributed by atoms with van der Waals surface area (Å²) in [4.78, 5) is 0. The van der Waals surface area contributed by atoms with Crippen molar-refractivity contribution in [1.82, 2.24) is 0 Å². The first kappa shape index (κ1) is 9.21. The van der Waals surface area contributed by atoms with E-state index in [4.69, 9.17) is 5.26 Å². The van der Waals surface area contributed by atoms with Crippen molar-refractivity contribution in [2.75, 3.05) is 0 Å². The summed E-state index contributed by atoms with van der Waals surface area (Å²) in [5, 5.41) is 8.98. The highest BCUT2D eigenvalue weighted by molar-refractivity contribution is 5.49. The van der Waals surface area contributed by atoms with E-state index in [-0.39, 0.29) is 5.82 Å². The minimum Gasteiger partial charge on any atom is -0.207 e. The predicted octanol–water partition coefficient (Wildman–Crippen LogP) is 2.88. The molecule has 0 spiro atoms. The molecule has 72 valence electrons. The third-order valence-corrected chi connectivity index (χ3v) is 2.96. The largest absolute Gasteiger partial charge is 0.207 e. The molecule has 0 bridgehead atoms. The average molecular weight is 189 g/mol. The van der Waals surface area contributed by atoms with Gasteiger partial charge in [-0.1, -0.05) is 0 Å². The summed E-state index contributed by atoms with van der Waals surface area (Å²) in [6.07, 6.45) is 4.08. The van der Waals surface area contributed by atoms with Crippen molar-refractivity contribution < 1.29 is 4.39 Å². The fourth-order valence-electron chi connectivity index (χ4n) is 2.13. The van der Waals surface area contributed by atoms with Crippen LogP contribution in [0.3, 0.4) is 0 Å². The molecule has 0 atom stereocenters. The van der Waals surface area contributed by atoms with Crippen molar-refractivity contribution in [3.8, 4) is 6.07 Å². The lowest BCUT2D eigenvalue weighted by molar-refractivity contribution is 0.604. The van der Waals surface area contributed by atoms with Gasteiger partial charge >= 0.3 is 0 Å². The molecule has 0 radical (unpaired) electrons. The van der Waals surface area contributed by atoms with Crippen LogP contribution in [-0.2, 0) is 12.8 Å². The molecule has 0 saturated carbocycles. The summed E-state index contributed by atoms with van der Waals surface area (Å²) in [5.74, 6) is -0.234. The Morgan fingerprint density at radius 3 is 2.79 bits per heavy atom. The molecular weight excluding hydrogens is 177 g/mol. The molecule has 1 nitrogen and oxygen atoms in total. The third-order valence-electron chi connectivity index (χ3n) is 2.96. The van der Waals surface area contributed by atoms with Crippen molar-refractivity contribution in [3.63, 3.8) is 0 Å². The highest BCUT2D eigenvalue weighted by Gasteiger charge is 2.17. The quantitative estimate of drug-likeness (QED) is 0.615. The highest BCUT2D eigenvalue weighted by Crippen LogP contribution is 2.28. The first-order chi connectivity index (χ1) is 6.74. The van der Waals surface area contributed by atoms with Crippen LogP contribution in [0.15, 0.2) is 6.07 Å². The number of nitrogens with zero attached hydrogens (tertiary/aromatic N) is 1. The fraction of sp³-hybridized carbons (Fsp3) is 0.417. The van der Waals surface area contributed by atoms with E-state index >= 15 is 0 Å². The minimum atomic E-state index is -0.234. The maximum atomic E-state index is 13.4. The van der Waals surface area contributed by atoms with Crippen molar-refractivity contribution in [3.05, 3.63) is 34.1 Å². The Kier molecular flexibility index (Phi) is 2.25. The van der Waals surface area contributed by atoms with Gasteiger partial charge in [-0.05, 0) is 49.8 Å². The predicted molar refractivity (Wildman–Crippen MR) is 52.5 cm³/mol. The number of aryl methyl sites for hydroxylation is 1. The summed E-state index contributed by atoms with van der Waals surface area (Å²) < 4.78 is 13.4. The van der Waals surface area contributed by atoms with E-state index in [1.165, 1.54) is 0 Å². The molecule has 2 heteroatoms. The summed E-state index contributed by atoms with van der Waals surface area (Å²) in [6.45, 7) is 1.68. The molecule has 0 aromatic heterocycles. The van der Waals surface area contributed by atoms with E-state index in [1.807, 2.05) is 0 Å². The number of hydrogen-bond acceptors (Lipinski definition) is 1. The second-order valence-corrected chi connectivity index (χ2v) is 3.81.